The molecule has 7 heteroatoms. The molecule has 0 bridgehead atoms. The molecule has 1 amide bonds. The van der Waals surface area contributed by atoms with Crippen molar-refractivity contribution in [2.24, 2.45) is 0 Å². The highest BCUT2D eigenvalue weighted by Crippen LogP contribution is 2.27. The Labute approximate surface area is 165 Å². The second-order valence-corrected chi connectivity index (χ2v) is 6.60. The summed E-state index contributed by atoms with van der Waals surface area (Å²) < 4.78 is 0. The summed E-state index contributed by atoms with van der Waals surface area (Å²) in [4.78, 5) is 25.3. The third-order valence-corrected chi connectivity index (χ3v) is 4.69. The fraction of sp³-hybridized carbons (Fsp3) is 0.0500. The van der Waals surface area contributed by atoms with E-state index in [1.807, 2.05) is 30.3 Å². The maximum atomic E-state index is 13.1. The molecule has 0 N–H and O–H groups in total. The summed E-state index contributed by atoms with van der Waals surface area (Å²) in [6.07, 6.45) is 0. The van der Waals surface area contributed by atoms with Crippen molar-refractivity contribution >= 4 is 40.5 Å². The molecule has 0 heterocycles. The molecule has 136 valence electrons. The van der Waals surface area contributed by atoms with Gasteiger partial charge in [-0.2, -0.15) is 0 Å². The van der Waals surface area contributed by atoms with E-state index in [0.29, 0.717) is 16.3 Å². The monoisotopic (exact) mass is 400 g/mol. The highest BCUT2D eigenvalue weighted by atomic mass is 35.5. The van der Waals surface area contributed by atoms with Gasteiger partial charge in [-0.05, 0) is 29.8 Å². The molecule has 0 spiro atoms. The molecule has 27 heavy (non-hydrogen) atoms. The van der Waals surface area contributed by atoms with Crippen LogP contribution in [0.2, 0.25) is 10.0 Å². The van der Waals surface area contributed by atoms with Crippen molar-refractivity contribution in [1.29, 1.82) is 0 Å². The van der Waals surface area contributed by atoms with Gasteiger partial charge in [0.2, 0.25) is 0 Å². The molecule has 0 atom stereocenters. The smallest absolute Gasteiger partial charge is 0.271 e. The lowest BCUT2D eigenvalue weighted by Gasteiger charge is -2.23. The SMILES string of the molecule is O=C(c1ccc(Cl)c(Cl)c1)N(Cc1ccccc1)c1cccc([N+](=O)[O-])c1. The van der Waals surface area contributed by atoms with E-state index in [9.17, 15) is 14.9 Å². The van der Waals surface area contributed by atoms with Gasteiger partial charge < -0.3 is 4.90 Å². The molecule has 0 aliphatic heterocycles. The Kier molecular flexibility index (Phi) is 5.74. The maximum Gasteiger partial charge on any atom is 0.271 e. The first-order chi connectivity index (χ1) is 13.0. The minimum absolute atomic E-state index is 0.0903. The van der Waals surface area contributed by atoms with Gasteiger partial charge in [-0.15, -0.1) is 0 Å². The predicted octanol–water partition coefficient (Wildman–Crippen LogP) is 5.75. The molecular formula is C20H14Cl2N2O3. The van der Waals surface area contributed by atoms with Crippen molar-refractivity contribution in [3.8, 4) is 0 Å². The number of nitro groups is 1. The van der Waals surface area contributed by atoms with E-state index in [1.54, 1.807) is 24.3 Å². The predicted molar refractivity (Wildman–Crippen MR) is 107 cm³/mol. The lowest BCUT2D eigenvalue weighted by molar-refractivity contribution is -0.384. The number of benzene rings is 3. The van der Waals surface area contributed by atoms with Crippen molar-refractivity contribution in [3.05, 3.63) is 104 Å². The lowest BCUT2D eigenvalue weighted by atomic mass is 10.1. The molecule has 0 unspecified atom stereocenters. The van der Waals surface area contributed by atoms with Gasteiger partial charge in [0, 0.05) is 17.7 Å². The summed E-state index contributed by atoms with van der Waals surface area (Å²) in [5.74, 6) is -0.335. The quantitative estimate of drug-likeness (QED) is 0.404. The Morgan fingerprint density at radius 1 is 0.926 bits per heavy atom. The normalized spacial score (nSPS) is 10.4. The zero-order valence-electron chi connectivity index (χ0n) is 14.0. The molecule has 0 saturated carbocycles. The number of amides is 1. The van der Waals surface area contributed by atoms with Crippen LogP contribution in [0.25, 0.3) is 0 Å². The van der Waals surface area contributed by atoms with Crippen LogP contribution in [-0.4, -0.2) is 10.8 Å². The van der Waals surface area contributed by atoms with E-state index in [4.69, 9.17) is 23.2 Å². The van der Waals surface area contributed by atoms with Gasteiger partial charge >= 0.3 is 0 Å². The Balaban J connectivity index is 2.03. The minimum Gasteiger partial charge on any atom is -0.304 e. The maximum absolute atomic E-state index is 13.1. The number of carbonyl (C=O) groups is 1. The first kappa shape index (κ1) is 18.9. The zero-order valence-corrected chi connectivity index (χ0v) is 15.5. The van der Waals surface area contributed by atoms with Crippen LogP contribution in [0.3, 0.4) is 0 Å². The number of halogens is 2. The number of nitro benzene ring substituents is 1. The number of hydrogen-bond donors (Lipinski definition) is 0. The molecule has 3 aromatic rings. The molecule has 3 aromatic carbocycles. The van der Waals surface area contributed by atoms with Crippen LogP contribution < -0.4 is 4.90 Å². The second-order valence-electron chi connectivity index (χ2n) is 5.78. The van der Waals surface area contributed by atoms with Crippen LogP contribution >= 0.6 is 23.2 Å². The van der Waals surface area contributed by atoms with Crippen molar-refractivity contribution in [2.45, 2.75) is 6.54 Å². The van der Waals surface area contributed by atoms with Gasteiger partial charge in [0.05, 0.1) is 27.2 Å². The van der Waals surface area contributed by atoms with Crippen LogP contribution in [0.15, 0.2) is 72.8 Å². The average molecular weight is 401 g/mol. The fourth-order valence-electron chi connectivity index (χ4n) is 2.61. The number of rotatable bonds is 5. The van der Waals surface area contributed by atoms with Crippen LogP contribution in [0.1, 0.15) is 15.9 Å². The second kappa shape index (κ2) is 8.20. The molecule has 0 fully saturated rings. The summed E-state index contributed by atoms with van der Waals surface area (Å²) >= 11 is 12.0. The highest BCUT2D eigenvalue weighted by Gasteiger charge is 2.21. The number of carbonyl (C=O) groups excluding carboxylic acids is 1. The Morgan fingerprint density at radius 2 is 1.67 bits per heavy atom. The standard InChI is InChI=1S/C20H14Cl2N2O3/c21-18-10-9-15(11-19(18)22)20(25)23(13-14-5-2-1-3-6-14)16-7-4-8-17(12-16)24(26)27/h1-12H,13H2. The summed E-state index contributed by atoms with van der Waals surface area (Å²) in [7, 11) is 0. The number of anilines is 1. The van der Waals surface area contributed by atoms with E-state index >= 15 is 0 Å². The van der Waals surface area contributed by atoms with Crippen LogP contribution in [-0.2, 0) is 6.54 Å². The van der Waals surface area contributed by atoms with Gasteiger partial charge in [-0.3, -0.25) is 14.9 Å². The summed E-state index contributed by atoms with van der Waals surface area (Å²) in [6, 6.07) is 19.9. The molecule has 3 rings (SSSR count). The molecular weight excluding hydrogens is 387 g/mol. The largest absolute Gasteiger partial charge is 0.304 e. The molecule has 0 aliphatic carbocycles. The highest BCUT2D eigenvalue weighted by molar-refractivity contribution is 6.42. The summed E-state index contributed by atoms with van der Waals surface area (Å²) in [6.45, 7) is 0.251. The van der Waals surface area contributed by atoms with E-state index in [2.05, 4.69) is 0 Å². The van der Waals surface area contributed by atoms with Crippen molar-refractivity contribution in [1.82, 2.24) is 0 Å². The van der Waals surface area contributed by atoms with Gasteiger partial charge in [0.1, 0.15) is 0 Å². The Hall–Kier alpha value is -2.89. The topological polar surface area (TPSA) is 63.5 Å². The molecule has 0 radical (unpaired) electrons. The first-order valence-corrected chi connectivity index (χ1v) is 8.76. The van der Waals surface area contributed by atoms with E-state index < -0.39 is 4.92 Å². The van der Waals surface area contributed by atoms with Gasteiger partial charge in [-0.1, -0.05) is 59.6 Å². The third kappa shape index (κ3) is 4.45. The molecule has 0 saturated heterocycles. The summed E-state index contributed by atoms with van der Waals surface area (Å²) in [5, 5.41) is 11.7. The molecule has 5 nitrogen and oxygen atoms in total. The third-order valence-electron chi connectivity index (χ3n) is 3.95. The van der Waals surface area contributed by atoms with E-state index in [1.165, 1.54) is 23.1 Å². The van der Waals surface area contributed by atoms with E-state index in [-0.39, 0.29) is 23.2 Å². The van der Waals surface area contributed by atoms with Crippen LogP contribution in [0.5, 0.6) is 0 Å². The number of nitrogens with zero attached hydrogens (tertiary/aromatic N) is 2. The average Bonchev–Trinajstić information content (AvgIpc) is 2.68. The lowest BCUT2D eigenvalue weighted by Crippen LogP contribution is -2.30. The first-order valence-electron chi connectivity index (χ1n) is 8.01. The van der Waals surface area contributed by atoms with Crippen molar-refractivity contribution < 1.29 is 9.72 Å². The minimum atomic E-state index is -0.492. The van der Waals surface area contributed by atoms with Crippen LogP contribution in [0.4, 0.5) is 11.4 Å². The van der Waals surface area contributed by atoms with Crippen molar-refractivity contribution in [3.63, 3.8) is 0 Å². The van der Waals surface area contributed by atoms with Gasteiger partial charge in [0.15, 0.2) is 0 Å². The van der Waals surface area contributed by atoms with Crippen molar-refractivity contribution in [2.75, 3.05) is 4.90 Å². The van der Waals surface area contributed by atoms with E-state index in [0.717, 1.165) is 5.56 Å². The van der Waals surface area contributed by atoms with Crippen LogP contribution in [0, 0.1) is 10.1 Å². The molecule has 0 aliphatic rings. The van der Waals surface area contributed by atoms with Gasteiger partial charge in [0.25, 0.3) is 11.6 Å². The number of hydrogen-bond acceptors (Lipinski definition) is 3. The Bertz CT molecular complexity index is 994. The number of non-ortho nitro benzene ring substituents is 1. The fourth-order valence-corrected chi connectivity index (χ4v) is 2.90. The summed E-state index contributed by atoms with van der Waals surface area (Å²) in [5.41, 5.74) is 1.56. The van der Waals surface area contributed by atoms with Gasteiger partial charge in [-0.25, -0.2) is 0 Å². The molecule has 0 aromatic heterocycles. The zero-order chi connectivity index (χ0) is 19.4. The Morgan fingerprint density at radius 3 is 2.33 bits per heavy atom.